The van der Waals surface area contributed by atoms with Crippen LogP contribution in [-0.2, 0) is 11.3 Å². The van der Waals surface area contributed by atoms with E-state index < -0.39 is 0 Å². The first-order chi connectivity index (χ1) is 9.18. The molecule has 0 bridgehead atoms. The second-order valence-electron chi connectivity index (χ2n) is 6.15. The molecule has 2 aliphatic rings. The van der Waals surface area contributed by atoms with Crippen LogP contribution >= 0.6 is 0 Å². The minimum Gasteiger partial charge on any atom is -0.356 e. The molecule has 19 heavy (non-hydrogen) atoms. The summed E-state index contributed by atoms with van der Waals surface area (Å²) >= 11 is 0. The molecular formula is C16H22N2O. The summed E-state index contributed by atoms with van der Waals surface area (Å²) in [4.78, 5) is 13.6. The fraction of sp³-hybridized carbons (Fsp3) is 0.562. The normalized spacial score (nSPS) is 24.6. The van der Waals surface area contributed by atoms with Crippen molar-refractivity contribution in [2.24, 2.45) is 11.3 Å². The summed E-state index contributed by atoms with van der Waals surface area (Å²) in [5.41, 5.74) is 1.90. The largest absolute Gasteiger partial charge is 0.356 e. The molecule has 1 spiro atoms. The smallest absolute Gasteiger partial charge is 0.216 e. The van der Waals surface area contributed by atoms with Gasteiger partial charge in [-0.3, -0.25) is 9.69 Å². The molecule has 1 atom stereocenters. The maximum absolute atomic E-state index is 11.1. The number of benzene rings is 1. The van der Waals surface area contributed by atoms with Crippen LogP contribution in [0.3, 0.4) is 0 Å². The predicted octanol–water partition coefficient (Wildman–Crippen LogP) is 2.03. The van der Waals surface area contributed by atoms with Gasteiger partial charge in [-0.15, -0.1) is 0 Å². The van der Waals surface area contributed by atoms with E-state index in [2.05, 4.69) is 40.5 Å². The van der Waals surface area contributed by atoms with Crippen LogP contribution in [0.25, 0.3) is 0 Å². The van der Waals surface area contributed by atoms with Crippen LogP contribution in [0.2, 0.25) is 0 Å². The number of amides is 1. The summed E-state index contributed by atoms with van der Waals surface area (Å²) in [5.74, 6) is 0.734. The second kappa shape index (κ2) is 4.97. The Bertz CT molecular complexity index is 453. The predicted molar refractivity (Wildman–Crippen MR) is 75.6 cm³/mol. The standard InChI is InChI=1S/C16H22N2O/c1-13(19)17-9-15-11-18(12-16(15)7-8-16)10-14-5-3-2-4-6-14/h2-6,15H,7-12H2,1H3,(H,17,19). The Kier molecular flexibility index (Phi) is 3.31. The molecule has 2 fully saturated rings. The fourth-order valence-corrected chi connectivity index (χ4v) is 3.38. The molecule has 1 saturated heterocycles. The Labute approximate surface area is 115 Å². The molecule has 1 aromatic carbocycles. The molecule has 102 valence electrons. The molecule has 3 nitrogen and oxygen atoms in total. The first-order valence-electron chi connectivity index (χ1n) is 7.19. The molecule has 3 rings (SSSR count). The Morgan fingerprint density at radius 3 is 2.74 bits per heavy atom. The second-order valence-corrected chi connectivity index (χ2v) is 6.15. The van der Waals surface area contributed by atoms with Crippen molar-refractivity contribution in [1.82, 2.24) is 10.2 Å². The minimum atomic E-state index is 0.0947. The maximum Gasteiger partial charge on any atom is 0.216 e. The van der Waals surface area contributed by atoms with Gasteiger partial charge in [0.2, 0.25) is 5.91 Å². The van der Waals surface area contributed by atoms with Crippen LogP contribution in [0.4, 0.5) is 0 Å². The third kappa shape index (κ3) is 2.81. The van der Waals surface area contributed by atoms with Gasteiger partial charge in [0.15, 0.2) is 0 Å². The lowest BCUT2D eigenvalue weighted by atomic mass is 9.93. The monoisotopic (exact) mass is 258 g/mol. The number of hydrogen-bond acceptors (Lipinski definition) is 2. The van der Waals surface area contributed by atoms with Gasteiger partial charge in [-0.25, -0.2) is 0 Å². The minimum absolute atomic E-state index is 0.0947. The average Bonchev–Trinajstić information content (AvgIpc) is 3.07. The van der Waals surface area contributed by atoms with Crippen molar-refractivity contribution in [3.8, 4) is 0 Å². The van der Waals surface area contributed by atoms with Gasteiger partial charge in [0.05, 0.1) is 0 Å². The van der Waals surface area contributed by atoms with E-state index in [1.54, 1.807) is 6.92 Å². The van der Waals surface area contributed by atoms with E-state index in [9.17, 15) is 4.79 Å². The van der Waals surface area contributed by atoms with Gasteiger partial charge in [0, 0.05) is 33.1 Å². The highest BCUT2D eigenvalue weighted by Gasteiger charge is 2.54. The van der Waals surface area contributed by atoms with Gasteiger partial charge in [-0.1, -0.05) is 30.3 Å². The van der Waals surface area contributed by atoms with Crippen molar-refractivity contribution in [3.05, 3.63) is 35.9 Å². The highest BCUT2D eigenvalue weighted by Crippen LogP contribution is 2.56. The third-order valence-corrected chi connectivity index (χ3v) is 4.62. The first-order valence-corrected chi connectivity index (χ1v) is 7.19. The molecule has 1 amide bonds. The summed E-state index contributed by atoms with van der Waals surface area (Å²) in [6.45, 7) is 5.82. The van der Waals surface area contributed by atoms with Crippen molar-refractivity contribution in [2.45, 2.75) is 26.3 Å². The van der Waals surface area contributed by atoms with Gasteiger partial charge in [-0.05, 0) is 29.7 Å². The van der Waals surface area contributed by atoms with Crippen molar-refractivity contribution in [2.75, 3.05) is 19.6 Å². The summed E-state index contributed by atoms with van der Waals surface area (Å²) in [6.07, 6.45) is 2.67. The average molecular weight is 258 g/mol. The SMILES string of the molecule is CC(=O)NCC1CN(Cc2ccccc2)CC12CC2. The number of nitrogens with one attached hydrogen (secondary N) is 1. The molecule has 3 heteroatoms. The number of carbonyl (C=O) groups excluding carboxylic acids is 1. The van der Waals surface area contributed by atoms with E-state index in [1.807, 2.05) is 0 Å². The van der Waals surface area contributed by atoms with Crippen LogP contribution in [0.15, 0.2) is 30.3 Å². The van der Waals surface area contributed by atoms with Crippen molar-refractivity contribution in [3.63, 3.8) is 0 Å². The molecule has 1 aliphatic carbocycles. The van der Waals surface area contributed by atoms with Crippen LogP contribution in [0, 0.1) is 11.3 Å². The fourth-order valence-electron chi connectivity index (χ4n) is 3.38. The number of rotatable bonds is 4. The quantitative estimate of drug-likeness (QED) is 0.896. The lowest BCUT2D eigenvalue weighted by Gasteiger charge is -2.16. The van der Waals surface area contributed by atoms with Gasteiger partial charge in [0.25, 0.3) is 0 Å². The van der Waals surface area contributed by atoms with Crippen LogP contribution in [0.1, 0.15) is 25.3 Å². The molecule has 1 aromatic rings. The Morgan fingerprint density at radius 2 is 2.11 bits per heavy atom. The van der Waals surface area contributed by atoms with Crippen molar-refractivity contribution in [1.29, 1.82) is 0 Å². The molecule has 1 saturated carbocycles. The zero-order valence-electron chi connectivity index (χ0n) is 11.6. The number of hydrogen-bond donors (Lipinski definition) is 1. The van der Waals surface area contributed by atoms with E-state index in [0.717, 1.165) is 19.6 Å². The van der Waals surface area contributed by atoms with Crippen molar-refractivity contribution >= 4 is 5.91 Å². The van der Waals surface area contributed by atoms with E-state index in [1.165, 1.54) is 24.9 Å². The number of likely N-dealkylation sites (tertiary alicyclic amines) is 1. The molecule has 1 heterocycles. The molecule has 0 aromatic heterocycles. The maximum atomic E-state index is 11.1. The van der Waals surface area contributed by atoms with E-state index in [0.29, 0.717) is 11.3 Å². The van der Waals surface area contributed by atoms with Gasteiger partial charge in [0.1, 0.15) is 0 Å². The van der Waals surface area contributed by atoms with E-state index in [-0.39, 0.29) is 5.91 Å². The lowest BCUT2D eigenvalue weighted by molar-refractivity contribution is -0.119. The van der Waals surface area contributed by atoms with Crippen molar-refractivity contribution < 1.29 is 4.79 Å². The third-order valence-electron chi connectivity index (χ3n) is 4.62. The Morgan fingerprint density at radius 1 is 1.37 bits per heavy atom. The summed E-state index contributed by atoms with van der Waals surface area (Å²) < 4.78 is 0. The van der Waals surface area contributed by atoms with Crippen LogP contribution < -0.4 is 5.32 Å². The van der Waals surface area contributed by atoms with Crippen LogP contribution in [-0.4, -0.2) is 30.4 Å². The highest BCUT2D eigenvalue weighted by atomic mass is 16.1. The summed E-state index contributed by atoms with van der Waals surface area (Å²) in [7, 11) is 0. The molecule has 1 aliphatic heterocycles. The number of nitrogens with zero attached hydrogens (tertiary/aromatic N) is 1. The zero-order valence-corrected chi connectivity index (χ0v) is 11.6. The topological polar surface area (TPSA) is 32.3 Å². The zero-order chi connectivity index (χ0) is 13.3. The lowest BCUT2D eigenvalue weighted by Crippen LogP contribution is -2.31. The van der Waals surface area contributed by atoms with Crippen LogP contribution in [0.5, 0.6) is 0 Å². The molecule has 1 unspecified atom stereocenters. The van der Waals surface area contributed by atoms with E-state index >= 15 is 0 Å². The highest BCUT2D eigenvalue weighted by molar-refractivity contribution is 5.72. The van der Waals surface area contributed by atoms with Gasteiger partial charge in [-0.2, -0.15) is 0 Å². The first kappa shape index (κ1) is 12.7. The Balaban J connectivity index is 1.59. The summed E-state index contributed by atoms with van der Waals surface area (Å²) in [5, 5.41) is 3.00. The van der Waals surface area contributed by atoms with E-state index in [4.69, 9.17) is 0 Å². The molecule has 0 radical (unpaired) electrons. The number of carbonyl (C=O) groups is 1. The summed E-state index contributed by atoms with van der Waals surface area (Å²) in [6, 6.07) is 10.7. The Hall–Kier alpha value is -1.35. The van der Waals surface area contributed by atoms with Gasteiger partial charge < -0.3 is 5.32 Å². The molecular weight excluding hydrogens is 236 g/mol. The molecule has 1 N–H and O–H groups in total. The van der Waals surface area contributed by atoms with Gasteiger partial charge >= 0.3 is 0 Å².